The zero-order chi connectivity index (χ0) is 15.2. The van der Waals surface area contributed by atoms with Crippen molar-refractivity contribution in [3.8, 4) is 0 Å². The average molecular weight is 286 g/mol. The van der Waals surface area contributed by atoms with Gasteiger partial charge in [0.1, 0.15) is 11.9 Å². The second kappa shape index (κ2) is 6.69. The minimum Gasteiger partial charge on any atom is -0.347 e. The van der Waals surface area contributed by atoms with Gasteiger partial charge >= 0.3 is 0 Å². The number of benzene rings is 1. The van der Waals surface area contributed by atoms with Crippen LogP contribution in [0.2, 0.25) is 0 Å². The maximum atomic E-state index is 12.0. The van der Waals surface area contributed by atoms with Crippen molar-refractivity contribution in [2.24, 2.45) is 0 Å². The predicted molar refractivity (Wildman–Crippen MR) is 78.5 cm³/mol. The maximum Gasteiger partial charge on any atom is 0.251 e. The van der Waals surface area contributed by atoms with Crippen LogP contribution in [0.3, 0.4) is 0 Å². The van der Waals surface area contributed by atoms with Gasteiger partial charge in [0.05, 0.1) is 6.04 Å². The first kappa shape index (κ1) is 14.8. The molecule has 2 aromatic rings. The highest BCUT2D eigenvalue weighted by Gasteiger charge is 2.19. The smallest absolute Gasteiger partial charge is 0.251 e. The molecule has 2 rings (SSSR count). The van der Waals surface area contributed by atoms with Gasteiger partial charge < -0.3 is 15.6 Å². The quantitative estimate of drug-likeness (QED) is 0.776. The molecule has 1 aromatic carbocycles. The Kier molecular flexibility index (Phi) is 4.71. The Balaban J connectivity index is 1.89. The monoisotopic (exact) mass is 286 g/mol. The Morgan fingerprint density at radius 3 is 2.48 bits per heavy atom. The Morgan fingerprint density at radius 1 is 1.14 bits per heavy atom. The molecule has 0 spiro atoms. The zero-order valence-corrected chi connectivity index (χ0v) is 12.0. The Morgan fingerprint density at radius 2 is 1.86 bits per heavy atom. The number of carbonyl (C=O) groups is 2. The number of H-pyrrole nitrogens is 1. The summed E-state index contributed by atoms with van der Waals surface area (Å²) in [6.45, 7) is 3.47. The lowest BCUT2D eigenvalue weighted by molar-refractivity contribution is -0.123. The number of aromatic nitrogens is 2. The summed E-state index contributed by atoms with van der Waals surface area (Å²) in [5.74, 6) is 0.136. The molecule has 0 bridgehead atoms. The van der Waals surface area contributed by atoms with E-state index < -0.39 is 6.04 Å². The molecule has 0 aliphatic heterocycles. The molecule has 110 valence electrons. The largest absolute Gasteiger partial charge is 0.347 e. The van der Waals surface area contributed by atoms with Crippen LogP contribution in [0.25, 0.3) is 0 Å². The van der Waals surface area contributed by atoms with E-state index in [1.54, 1.807) is 43.6 Å². The van der Waals surface area contributed by atoms with E-state index >= 15 is 0 Å². The van der Waals surface area contributed by atoms with Gasteiger partial charge in [-0.05, 0) is 26.0 Å². The van der Waals surface area contributed by atoms with Crippen LogP contribution < -0.4 is 10.6 Å². The van der Waals surface area contributed by atoms with Crippen LogP contribution in [0, 0.1) is 0 Å². The van der Waals surface area contributed by atoms with Crippen LogP contribution >= 0.6 is 0 Å². The van der Waals surface area contributed by atoms with Gasteiger partial charge in [-0.2, -0.15) is 0 Å². The first-order valence-corrected chi connectivity index (χ1v) is 6.73. The number of imidazole rings is 1. The zero-order valence-electron chi connectivity index (χ0n) is 12.0. The molecular weight excluding hydrogens is 268 g/mol. The normalized spacial score (nSPS) is 13.2. The van der Waals surface area contributed by atoms with E-state index in [1.807, 2.05) is 13.0 Å². The van der Waals surface area contributed by atoms with Crippen LogP contribution in [-0.4, -0.2) is 27.8 Å². The lowest BCUT2D eigenvalue weighted by Gasteiger charge is -2.17. The average Bonchev–Trinajstić information content (AvgIpc) is 3.02. The summed E-state index contributed by atoms with van der Waals surface area (Å²) < 4.78 is 0. The van der Waals surface area contributed by atoms with Gasteiger partial charge in [0, 0.05) is 18.0 Å². The molecule has 0 aliphatic carbocycles. The van der Waals surface area contributed by atoms with E-state index in [-0.39, 0.29) is 17.9 Å². The highest BCUT2D eigenvalue weighted by Crippen LogP contribution is 2.05. The van der Waals surface area contributed by atoms with Crippen molar-refractivity contribution in [2.75, 3.05) is 0 Å². The summed E-state index contributed by atoms with van der Waals surface area (Å²) in [7, 11) is 0. The lowest BCUT2D eigenvalue weighted by Crippen LogP contribution is -2.45. The Bertz CT molecular complexity index is 595. The maximum absolute atomic E-state index is 12.0. The number of carbonyl (C=O) groups excluding carboxylic acids is 2. The molecule has 2 unspecified atom stereocenters. The molecule has 2 amide bonds. The molecule has 0 saturated heterocycles. The molecule has 1 aromatic heterocycles. The summed E-state index contributed by atoms with van der Waals surface area (Å²) >= 11 is 0. The molecule has 21 heavy (non-hydrogen) atoms. The van der Waals surface area contributed by atoms with E-state index in [2.05, 4.69) is 20.6 Å². The van der Waals surface area contributed by atoms with Crippen molar-refractivity contribution in [3.05, 3.63) is 54.1 Å². The van der Waals surface area contributed by atoms with E-state index in [1.165, 1.54) is 0 Å². The highest BCUT2D eigenvalue weighted by molar-refractivity contribution is 5.97. The molecule has 0 fully saturated rings. The fourth-order valence-corrected chi connectivity index (χ4v) is 1.86. The van der Waals surface area contributed by atoms with Crippen LogP contribution in [0.4, 0.5) is 0 Å². The van der Waals surface area contributed by atoms with Crippen LogP contribution in [0.15, 0.2) is 42.7 Å². The van der Waals surface area contributed by atoms with Crippen LogP contribution in [0.1, 0.15) is 36.1 Å². The fraction of sp³-hybridized carbons (Fsp3) is 0.267. The van der Waals surface area contributed by atoms with Crippen molar-refractivity contribution in [1.82, 2.24) is 20.6 Å². The van der Waals surface area contributed by atoms with Crippen LogP contribution in [0.5, 0.6) is 0 Å². The van der Waals surface area contributed by atoms with Crippen molar-refractivity contribution in [3.63, 3.8) is 0 Å². The molecule has 3 N–H and O–H groups in total. The number of amides is 2. The van der Waals surface area contributed by atoms with E-state index in [0.29, 0.717) is 11.4 Å². The Hall–Kier alpha value is -2.63. The molecule has 0 radical (unpaired) electrons. The van der Waals surface area contributed by atoms with Gasteiger partial charge in [-0.3, -0.25) is 9.59 Å². The minimum atomic E-state index is -0.630. The third kappa shape index (κ3) is 3.92. The summed E-state index contributed by atoms with van der Waals surface area (Å²) in [5, 5.41) is 5.46. The third-order valence-corrected chi connectivity index (χ3v) is 3.07. The molecule has 0 aliphatic rings. The van der Waals surface area contributed by atoms with Crippen molar-refractivity contribution in [2.45, 2.75) is 25.9 Å². The summed E-state index contributed by atoms with van der Waals surface area (Å²) in [6, 6.07) is 7.91. The summed E-state index contributed by atoms with van der Waals surface area (Å²) in [5.41, 5.74) is 0.524. The van der Waals surface area contributed by atoms with Gasteiger partial charge in [-0.25, -0.2) is 4.98 Å². The predicted octanol–water partition coefficient (Wildman–Crippen LogP) is 1.41. The second-order valence-corrected chi connectivity index (χ2v) is 4.77. The van der Waals surface area contributed by atoms with Crippen molar-refractivity contribution >= 4 is 11.8 Å². The molecule has 1 heterocycles. The van der Waals surface area contributed by atoms with Crippen LogP contribution in [-0.2, 0) is 4.79 Å². The number of rotatable bonds is 5. The third-order valence-electron chi connectivity index (χ3n) is 3.07. The number of hydrogen-bond donors (Lipinski definition) is 3. The molecule has 0 saturated carbocycles. The minimum absolute atomic E-state index is 0.247. The van der Waals surface area contributed by atoms with E-state index in [4.69, 9.17) is 0 Å². The van der Waals surface area contributed by atoms with Gasteiger partial charge in [0.15, 0.2) is 0 Å². The number of nitrogens with one attached hydrogen (secondary N) is 3. The molecule has 6 nitrogen and oxygen atoms in total. The van der Waals surface area contributed by atoms with Gasteiger partial charge in [0.25, 0.3) is 5.91 Å². The number of nitrogens with zero attached hydrogens (tertiary/aromatic N) is 1. The van der Waals surface area contributed by atoms with E-state index in [0.717, 1.165) is 0 Å². The summed E-state index contributed by atoms with van der Waals surface area (Å²) in [6.07, 6.45) is 3.32. The highest BCUT2D eigenvalue weighted by atomic mass is 16.2. The standard InChI is InChI=1S/C15H18N4O2/c1-10(13-16-8-9-17-13)18-14(20)11(2)19-15(21)12-6-4-3-5-7-12/h3-11H,1-2H3,(H,16,17)(H,18,20)(H,19,21). The number of aromatic amines is 1. The first-order chi connectivity index (χ1) is 10.1. The second-order valence-electron chi connectivity index (χ2n) is 4.77. The molecule has 2 atom stereocenters. The fourth-order valence-electron chi connectivity index (χ4n) is 1.86. The van der Waals surface area contributed by atoms with Gasteiger partial charge in [-0.1, -0.05) is 18.2 Å². The summed E-state index contributed by atoms with van der Waals surface area (Å²) in [4.78, 5) is 31.0. The SMILES string of the molecule is CC(NC(=O)c1ccccc1)C(=O)NC(C)c1ncc[nH]1. The van der Waals surface area contributed by atoms with Crippen molar-refractivity contribution in [1.29, 1.82) is 0 Å². The number of hydrogen-bond acceptors (Lipinski definition) is 3. The topological polar surface area (TPSA) is 86.9 Å². The van der Waals surface area contributed by atoms with E-state index in [9.17, 15) is 9.59 Å². The van der Waals surface area contributed by atoms with Gasteiger partial charge in [0.2, 0.25) is 5.91 Å². The molecular formula is C15H18N4O2. The Labute approximate surface area is 123 Å². The van der Waals surface area contributed by atoms with Crippen molar-refractivity contribution < 1.29 is 9.59 Å². The first-order valence-electron chi connectivity index (χ1n) is 6.73. The molecule has 6 heteroatoms. The van der Waals surface area contributed by atoms with Gasteiger partial charge in [-0.15, -0.1) is 0 Å². The lowest BCUT2D eigenvalue weighted by atomic mass is 10.2.